The topological polar surface area (TPSA) is 92.8 Å². The van der Waals surface area contributed by atoms with Crippen LogP contribution >= 0.6 is 23.2 Å². The molecule has 1 aromatic rings. The first-order valence-corrected chi connectivity index (χ1v) is 10.3. The van der Waals surface area contributed by atoms with Gasteiger partial charge in [0.15, 0.2) is 6.61 Å². The number of nitrogens with zero attached hydrogens (tertiary/aromatic N) is 1. The van der Waals surface area contributed by atoms with Gasteiger partial charge >= 0.3 is 5.97 Å². The van der Waals surface area contributed by atoms with Gasteiger partial charge in [-0.1, -0.05) is 18.2 Å². The summed E-state index contributed by atoms with van der Waals surface area (Å²) >= 11 is 12.6. The van der Waals surface area contributed by atoms with E-state index in [0.29, 0.717) is 12.1 Å². The summed E-state index contributed by atoms with van der Waals surface area (Å²) in [5.41, 5.74) is 1.49. The van der Waals surface area contributed by atoms with E-state index in [2.05, 4.69) is 5.32 Å². The molecule has 0 spiro atoms. The number of likely N-dealkylation sites (tertiary alicyclic amines) is 1. The summed E-state index contributed by atoms with van der Waals surface area (Å²) in [6, 6.07) is 7.19. The minimum absolute atomic E-state index is 0.147. The summed E-state index contributed by atoms with van der Waals surface area (Å²) in [4.78, 5) is 50.5. The summed E-state index contributed by atoms with van der Waals surface area (Å²) in [6.45, 7) is 0.823. The van der Waals surface area contributed by atoms with Crippen LogP contribution in [0.3, 0.4) is 0 Å². The van der Waals surface area contributed by atoms with Gasteiger partial charge in [-0.15, -0.1) is 23.2 Å². The van der Waals surface area contributed by atoms with Crippen LogP contribution in [-0.4, -0.2) is 52.5 Å². The number of benzene rings is 1. The second-order valence-electron chi connectivity index (χ2n) is 7.79. The molecular weight excluding hydrogens is 419 g/mol. The molecule has 9 heteroatoms. The number of hydrogen-bond acceptors (Lipinski definition) is 5. The maximum Gasteiger partial charge on any atom is 0.326 e. The average molecular weight is 439 g/mol. The zero-order valence-corrected chi connectivity index (χ0v) is 17.2. The number of alkyl halides is 2. The number of imide groups is 1. The fourth-order valence-electron chi connectivity index (χ4n) is 4.79. The first kappa shape index (κ1) is 20.2. The summed E-state index contributed by atoms with van der Waals surface area (Å²) in [5, 5.41) is 1.95. The Morgan fingerprint density at radius 1 is 1.10 bits per heavy atom. The lowest BCUT2D eigenvalue weighted by Crippen LogP contribution is -2.38. The van der Waals surface area contributed by atoms with Gasteiger partial charge in [0, 0.05) is 5.69 Å². The Morgan fingerprint density at radius 3 is 2.28 bits per heavy atom. The molecule has 3 fully saturated rings. The number of halogens is 2. The highest BCUT2D eigenvalue weighted by Gasteiger charge is 2.66. The molecule has 0 unspecified atom stereocenters. The van der Waals surface area contributed by atoms with Crippen LogP contribution < -0.4 is 5.32 Å². The van der Waals surface area contributed by atoms with E-state index in [0.717, 1.165) is 10.5 Å². The molecular formula is C20H20Cl2N2O5. The third-order valence-corrected chi connectivity index (χ3v) is 7.47. The number of fused-ring (bicyclic) bond motifs is 5. The first-order chi connectivity index (χ1) is 13.8. The molecule has 7 nitrogen and oxygen atoms in total. The molecule has 154 valence electrons. The van der Waals surface area contributed by atoms with Crippen molar-refractivity contribution in [2.75, 3.05) is 18.5 Å². The fourth-order valence-corrected chi connectivity index (χ4v) is 5.68. The Morgan fingerprint density at radius 2 is 1.69 bits per heavy atom. The monoisotopic (exact) mass is 438 g/mol. The number of aryl methyl sites for hydroxylation is 1. The third kappa shape index (κ3) is 3.40. The zero-order valence-electron chi connectivity index (χ0n) is 15.6. The molecule has 29 heavy (non-hydrogen) atoms. The molecule has 6 atom stereocenters. The standard InChI is InChI=1S/C20H20Cl2N2O5/c1-9-4-2-3-5-12(9)23-13(25)8-29-14(26)7-24-19(27)15-10-6-11(16(15)20(24)28)18(22)17(10)21/h2-5,10-11,15-18H,6-8H2,1H3,(H,23,25)/t10-,11-,15-,16+,17+,18+/m1/s1. The van der Waals surface area contributed by atoms with Crippen molar-refractivity contribution in [1.29, 1.82) is 0 Å². The number of anilines is 1. The number of ether oxygens (including phenoxy) is 1. The molecule has 3 aliphatic rings. The van der Waals surface area contributed by atoms with E-state index in [1.165, 1.54) is 0 Å². The Labute approximate surface area is 177 Å². The highest BCUT2D eigenvalue weighted by molar-refractivity contribution is 6.31. The van der Waals surface area contributed by atoms with Crippen molar-refractivity contribution in [3.8, 4) is 0 Å². The lowest BCUT2D eigenvalue weighted by molar-refractivity contribution is -0.154. The van der Waals surface area contributed by atoms with Crippen molar-refractivity contribution >= 4 is 52.6 Å². The van der Waals surface area contributed by atoms with Crippen molar-refractivity contribution in [2.45, 2.75) is 24.1 Å². The number of para-hydroxylation sites is 1. The normalized spacial score (nSPS) is 32.4. The quantitative estimate of drug-likeness (QED) is 0.430. The average Bonchev–Trinajstić information content (AvgIpc) is 3.29. The van der Waals surface area contributed by atoms with E-state index in [1.54, 1.807) is 12.1 Å². The second kappa shape index (κ2) is 7.61. The molecule has 0 radical (unpaired) electrons. The van der Waals surface area contributed by atoms with Gasteiger partial charge in [0.05, 0.1) is 22.6 Å². The van der Waals surface area contributed by atoms with Gasteiger partial charge in [-0.25, -0.2) is 0 Å². The summed E-state index contributed by atoms with van der Waals surface area (Å²) in [6.07, 6.45) is 0.659. The van der Waals surface area contributed by atoms with Crippen LogP contribution in [0.2, 0.25) is 0 Å². The summed E-state index contributed by atoms with van der Waals surface area (Å²) in [5.74, 6) is -3.44. The van der Waals surface area contributed by atoms with E-state index in [4.69, 9.17) is 27.9 Å². The van der Waals surface area contributed by atoms with Gasteiger partial charge in [-0.05, 0) is 36.8 Å². The van der Waals surface area contributed by atoms with E-state index in [9.17, 15) is 19.2 Å². The molecule has 0 aromatic heterocycles. The Bertz CT molecular complexity index is 859. The molecule has 4 rings (SSSR count). The zero-order chi connectivity index (χ0) is 20.9. The van der Waals surface area contributed by atoms with Crippen LogP contribution in [-0.2, 0) is 23.9 Å². The van der Waals surface area contributed by atoms with Gasteiger partial charge in [-0.2, -0.15) is 0 Å². The number of carbonyl (C=O) groups excluding carboxylic acids is 4. The fraction of sp³-hybridized carbons (Fsp3) is 0.500. The van der Waals surface area contributed by atoms with Crippen LogP contribution in [0, 0.1) is 30.6 Å². The highest BCUT2D eigenvalue weighted by Crippen LogP contribution is 2.59. The molecule has 1 saturated heterocycles. The molecule has 2 saturated carbocycles. The van der Waals surface area contributed by atoms with Crippen LogP contribution in [0.25, 0.3) is 0 Å². The lowest BCUT2D eigenvalue weighted by atomic mass is 9.80. The second-order valence-corrected chi connectivity index (χ2v) is 8.80. The van der Waals surface area contributed by atoms with Crippen molar-refractivity contribution in [3.05, 3.63) is 29.8 Å². The van der Waals surface area contributed by atoms with Gasteiger partial charge in [-0.3, -0.25) is 24.1 Å². The van der Waals surface area contributed by atoms with Gasteiger partial charge in [0.2, 0.25) is 11.8 Å². The van der Waals surface area contributed by atoms with Gasteiger partial charge in [0.25, 0.3) is 5.91 Å². The number of hydrogen-bond donors (Lipinski definition) is 1. The molecule has 1 heterocycles. The molecule has 3 amide bonds. The first-order valence-electron chi connectivity index (χ1n) is 9.44. The van der Waals surface area contributed by atoms with Gasteiger partial charge in [0.1, 0.15) is 6.54 Å². The molecule has 2 aliphatic carbocycles. The lowest BCUT2D eigenvalue weighted by Gasteiger charge is -2.28. The minimum Gasteiger partial charge on any atom is -0.454 e. The molecule has 1 aliphatic heterocycles. The summed E-state index contributed by atoms with van der Waals surface area (Å²) in [7, 11) is 0. The highest BCUT2D eigenvalue weighted by atomic mass is 35.5. The summed E-state index contributed by atoms with van der Waals surface area (Å²) < 4.78 is 4.96. The van der Waals surface area contributed by atoms with Crippen LogP contribution in [0.5, 0.6) is 0 Å². The Hall–Kier alpha value is -2.12. The van der Waals surface area contributed by atoms with Crippen molar-refractivity contribution in [1.82, 2.24) is 4.90 Å². The smallest absolute Gasteiger partial charge is 0.326 e. The van der Waals surface area contributed by atoms with E-state index in [-0.39, 0.29) is 22.6 Å². The largest absolute Gasteiger partial charge is 0.454 e. The van der Waals surface area contributed by atoms with E-state index in [1.807, 2.05) is 19.1 Å². The predicted octanol–water partition coefficient (Wildman–Crippen LogP) is 1.94. The molecule has 2 bridgehead atoms. The van der Waals surface area contributed by atoms with E-state index < -0.39 is 48.7 Å². The Balaban J connectivity index is 1.32. The number of esters is 1. The van der Waals surface area contributed by atoms with E-state index >= 15 is 0 Å². The van der Waals surface area contributed by atoms with Crippen LogP contribution in [0.1, 0.15) is 12.0 Å². The third-order valence-electron chi connectivity index (χ3n) is 6.15. The van der Waals surface area contributed by atoms with Crippen LogP contribution in [0.15, 0.2) is 24.3 Å². The maximum absolute atomic E-state index is 12.7. The SMILES string of the molecule is Cc1ccccc1NC(=O)COC(=O)CN1C(=O)[C@@H]2[C@H]3C[C@@H]([C@H](Cl)[C@H]3Cl)[C@@H]2C1=O. The minimum atomic E-state index is -0.816. The molecule has 1 N–H and O–H groups in total. The maximum atomic E-state index is 12.7. The molecule has 1 aromatic carbocycles. The predicted molar refractivity (Wildman–Crippen MR) is 105 cm³/mol. The van der Waals surface area contributed by atoms with Crippen molar-refractivity contribution < 1.29 is 23.9 Å². The van der Waals surface area contributed by atoms with Crippen LogP contribution in [0.4, 0.5) is 5.69 Å². The van der Waals surface area contributed by atoms with Gasteiger partial charge < -0.3 is 10.1 Å². The number of carbonyl (C=O) groups is 4. The van der Waals surface area contributed by atoms with Crippen molar-refractivity contribution in [2.24, 2.45) is 23.7 Å². The van der Waals surface area contributed by atoms with Crippen molar-refractivity contribution in [3.63, 3.8) is 0 Å². The Kier molecular flexibility index (Phi) is 5.29. The number of rotatable bonds is 5. The number of amides is 3. The number of nitrogens with one attached hydrogen (secondary N) is 1.